The molecule has 0 aromatic rings. The Morgan fingerprint density at radius 3 is 2.75 bits per heavy atom. The van der Waals surface area contributed by atoms with E-state index in [1.165, 1.54) is 38.6 Å². The summed E-state index contributed by atoms with van der Waals surface area (Å²) in [5.74, 6) is 0. The van der Waals surface area contributed by atoms with E-state index < -0.39 is 0 Å². The highest BCUT2D eigenvalue weighted by atomic mass is 16.7. The van der Waals surface area contributed by atoms with E-state index in [0.29, 0.717) is 11.5 Å². The van der Waals surface area contributed by atoms with Gasteiger partial charge in [-0.25, -0.2) is 0 Å². The van der Waals surface area contributed by atoms with E-state index in [9.17, 15) is 0 Å². The van der Waals surface area contributed by atoms with Gasteiger partial charge < -0.3 is 14.2 Å². The van der Waals surface area contributed by atoms with Gasteiger partial charge in [-0.1, -0.05) is 0 Å². The maximum absolute atomic E-state index is 5.88. The first-order valence-corrected chi connectivity index (χ1v) is 8.35. The fourth-order valence-electron chi connectivity index (χ4n) is 4.05. The molecule has 0 bridgehead atoms. The summed E-state index contributed by atoms with van der Waals surface area (Å²) in [5.41, 5.74) is 0.513. The predicted octanol–water partition coefficient (Wildman–Crippen LogP) is 2.42. The van der Waals surface area contributed by atoms with E-state index in [4.69, 9.17) is 14.2 Å². The molecule has 0 radical (unpaired) electrons. The minimum Gasteiger partial charge on any atom is -0.381 e. The molecule has 0 amide bonds. The molecule has 3 heterocycles. The summed E-state index contributed by atoms with van der Waals surface area (Å²) in [7, 11) is 0. The fourth-order valence-corrected chi connectivity index (χ4v) is 4.05. The van der Waals surface area contributed by atoms with E-state index in [1.54, 1.807) is 0 Å². The lowest BCUT2D eigenvalue weighted by Crippen LogP contribution is -2.42. The lowest BCUT2D eigenvalue weighted by molar-refractivity contribution is -0.164. The monoisotopic (exact) mass is 283 g/mol. The first kappa shape index (κ1) is 14.8. The molecule has 3 fully saturated rings. The molecule has 3 aliphatic rings. The molecule has 2 atom stereocenters. The maximum Gasteiger partial charge on any atom is 0.157 e. The van der Waals surface area contributed by atoms with Crippen molar-refractivity contribution < 1.29 is 14.2 Å². The van der Waals surface area contributed by atoms with Crippen molar-refractivity contribution in [1.82, 2.24) is 4.90 Å². The SMILES string of the molecule is CC1N(CCOC2CCCCO2)CCC12CCOCC2. The minimum absolute atomic E-state index is 0.0544. The highest BCUT2D eigenvalue weighted by molar-refractivity contribution is 4.97. The van der Waals surface area contributed by atoms with Crippen LogP contribution in [0.4, 0.5) is 0 Å². The number of rotatable bonds is 4. The molecule has 0 aromatic heterocycles. The molecule has 3 aliphatic heterocycles. The Morgan fingerprint density at radius 1 is 1.15 bits per heavy atom. The number of nitrogens with zero attached hydrogens (tertiary/aromatic N) is 1. The van der Waals surface area contributed by atoms with E-state index in [1.807, 2.05) is 0 Å². The van der Waals surface area contributed by atoms with Crippen molar-refractivity contribution in [2.24, 2.45) is 5.41 Å². The second-order valence-electron chi connectivity index (χ2n) is 6.60. The lowest BCUT2D eigenvalue weighted by Gasteiger charge is -2.39. The van der Waals surface area contributed by atoms with Gasteiger partial charge in [0.05, 0.1) is 6.61 Å². The number of hydrogen-bond acceptors (Lipinski definition) is 4. The molecular formula is C16H29NO3. The predicted molar refractivity (Wildman–Crippen MR) is 77.7 cm³/mol. The average molecular weight is 283 g/mol. The largest absolute Gasteiger partial charge is 0.381 e. The van der Waals surface area contributed by atoms with Crippen molar-refractivity contribution >= 4 is 0 Å². The van der Waals surface area contributed by atoms with Crippen LogP contribution in [-0.4, -0.2) is 56.7 Å². The van der Waals surface area contributed by atoms with Crippen LogP contribution >= 0.6 is 0 Å². The third-order valence-electron chi connectivity index (χ3n) is 5.64. The van der Waals surface area contributed by atoms with Crippen molar-refractivity contribution in [3.63, 3.8) is 0 Å². The molecule has 0 aliphatic carbocycles. The fraction of sp³-hybridized carbons (Fsp3) is 1.00. The first-order chi connectivity index (χ1) is 9.80. The Morgan fingerprint density at radius 2 is 2.00 bits per heavy atom. The zero-order valence-corrected chi connectivity index (χ0v) is 12.8. The van der Waals surface area contributed by atoms with E-state index in [-0.39, 0.29) is 6.29 Å². The van der Waals surface area contributed by atoms with Gasteiger partial charge in [0, 0.05) is 32.4 Å². The number of likely N-dealkylation sites (tertiary alicyclic amines) is 1. The van der Waals surface area contributed by atoms with Gasteiger partial charge in [0.25, 0.3) is 0 Å². The van der Waals surface area contributed by atoms with E-state index >= 15 is 0 Å². The molecule has 4 nitrogen and oxygen atoms in total. The van der Waals surface area contributed by atoms with Crippen LogP contribution in [0, 0.1) is 5.41 Å². The van der Waals surface area contributed by atoms with E-state index in [2.05, 4.69) is 11.8 Å². The van der Waals surface area contributed by atoms with E-state index in [0.717, 1.165) is 39.4 Å². The van der Waals surface area contributed by atoms with Gasteiger partial charge in [-0.2, -0.15) is 0 Å². The van der Waals surface area contributed by atoms with Gasteiger partial charge in [0.2, 0.25) is 0 Å². The van der Waals surface area contributed by atoms with Gasteiger partial charge in [-0.15, -0.1) is 0 Å². The highest BCUT2D eigenvalue weighted by Gasteiger charge is 2.45. The van der Waals surface area contributed by atoms with Gasteiger partial charge >= 0.3 is 0 Å². The molecule has 0 aromatic carbocycles. The molecule has 20 heavy (non-hydrogen) atoms. The minimum atomic E-state index is 0.0544. The molecule has 3 rings (SSSR count). The van der Waals surface area contributed by atoms with Crippen molar-refractivity contribution in [3.8, 4) is 0 Å². The van der Waals surface area contributed by atoms with Gasteiger partial charge in [0.1, 0.15) is 0 Å². The van der Waals surface area contributed by atoms with Crippen LogP contribution in [0.2, 0.25) is 0 Å². The summed E-state index contributed by atoms with van der Waals surface area (Å²) in [6.07, 6.45) is 7.35. The summed E-state index contributed by atoms with van der Waals surface area (Å²) in [4.78, 5) is 2.61. The van der Waals surface area contributed by atoms with Crippen LogP contribution in [0.3, 0.4) is 0 Å². The summed E-state index contributed by atoms with van der Waals surface area (Å²) in [6.45, 7) is 8.24. The topological polar surface area (TPSA) is 30.9 Å². The average Bonchev–Trinajstić information content (AvgIpc) is 2.79. The third-order valence-corrected chi connectivity index (χ3v) is 5.64. The molecule has 4 heteroatoms. The zero-order chi connectivity index (χ0) is 13.8. The normalized spacial score (nSPS) is 34.6. The van der Waals surface area contributed by atoms with Crippen LogP contribution in [0.15, 0.2) is 0 Å². The van der Waals surface area contributed by atoms with Crippen molar-refractivity contribution in [2.75, 3.05) is 39.5 Å². The molecule has 116 valence electrons. The Balaban J connectivity index is 1.42. The summed E-state index contributed by atoms with van der Waals surface area (Å²) < 4.78 is 17.0. The smallest absolute Gasteiger partial charge is 0.157 e. The van der Waals surface area contributed by atoms with Crippen LogP contribution in [0.1, 0.15) is 45.4 Å². The standard InChI is InChI=1S/C16H29NO3/c1-14-16(6-11-18-12-7-16)5-8-17(14)9-13-20-15-4-2-3-10-19-15/h14-15H,2-13H2,1H3. The molecular weight excluding hydrogens is 254 g/mol. The van der Waals surface area contributed by atoms with Crippen LogP contribution in [0.5, 0.6) is 0 Å². The van der Waals surface area contributed by atoms with Crippen LogP contribution in [0.25, 0.3) is 0 Å². The molecule has 1 spiro atoms. The van der Waals surface area contributed by atoms with Gasteiger partial charge in [-0.3, -0.25) is 4.90 Å². The van der Waals surface area contributed by atoms with Crippen molar-refractivity contribution in [3.05, 3.63) is 0 Å². The van der Waals surface area contributed by atoms with Crippen LogP contribution in [-0.2, 0) is 14.2 Å². The first-order valence-electron chi connectivity index (χ1n) is 8.35. The maximum atomic E-state index is 5.88. The third kappa shape index (κ3) is 3.19. The second-order valence-corrected chi connectivity index (χ2v) is 6.60. The number of ether oxygens (including phenoxy) is 3. The summed E-state index contributed by atoms with van der Waals surface area (Å²) in [5, 5.41) is 0. The second kappa shape index (κ2) is 6.73. The Kier molecular flexibility index (Phi) is 4.97. The van der Waals surface area contributed by atoms with Crippen molar-refractivity contribution in [2.45, 2.75) is 57.8 Å². The van der Waals surface area contributed by atoms with Gasteiger partial charge in [0.15, 0.2) is 6.29 Å². The quantitative estimate of drug-likeness (QED) is 0.793. The summed E-state index contributed by atoms with van der Waals surface area (Å²) >= 11 is 0. The van der Waals surface area contributed by atoms with Crippen LogP contribution < -0.4 is 0 Å². The Labute approximate surface area is 122 Å². The molecule has 0 N–H and O–H groups in total. The number of hydrogen-bond donors (Lipinski definition) is 0. The zero-order valence-electron chi connectivity index (χ0n) is 12.8. The van der Waals surface area contributed by atoms with Crippen molar-refractivity contribution in [1.29, 1.82) is 0 Å². The highest BCUT2D eigenvalue weighted by Crippen LogP contribution is 2.44. The van der Waals surface area contributed by atoms with Gasteiger partial charge in [-0.05, 0) is 57.4 Å². The molecule has 0 saturated carbocycles. The Hall–Kier alpha value is -0.160. The lowest BCUT2D eigenvalue weighted by atomic mass is 9.74. The summed E-state index contributed by atoms with van der Waals surface area (Å²) in [6, 6.07) is 0.669. The molecule has 3 saturated heterocycles. The Bertz CT molecular complexity index is 298. The molecule has 2 unspecified atom stereocenters.